The van der Waals surface area contributed by atoms with Crippen molar-refractivity contribution < 1.29 is 61.3 Å². The second-order valence-electron chi connectivity index (χ2n) is 0. The molecule has 0 amide bonds. The van der Waals surface area contributed by atoms with Gasteiger partial charge in [0.05, 0.1) is 0 Å². The Kier molecular flexibility index (Phi) is 121. The largest absolute Gasteiger partial charge is 0 e. The Morgan fingerprint density at radius 3 is 0.500 bits per heavy atom. The smallest absolute Gasteiger partial charge is 0 e. The average molecular weight is 528 g/mol. The fourth-order valence-corrected chi connectivity index (χ4v) is 0. The van der Waals surface area contributed by atoms with E-state index in [1.165, 1.54) is 0 Å². The van der Waals surface area contributed by atoms with Crippen LogP contribution in [0.2, 0.25) is 0 Å². The average Bonchev–Trinajstić information content (AvgIpc) is 0. The van der Waals surface area contributed by atoms with Crippen LogP contribution in [0.25, 0.3) is 0 Å². The van der Waals surface area contributed by atoms with Gasteiger partial charge in [-0.3, -0.25) is 0 Å². The van der Waals surface area contributed by atoms with Crippen LogP contribution in [0.3, 0.4) is 0 Å². The van der Waals surface area contributed by atoms with Gasteiger partial charge in [-0.15, -0.1) is 0 Å². The molecule has 0 unspecified atom stereocenters. The minimum Gasteiger partial charge on any atom is 0 e. The monoisotopic (exact) mass is 527 g/mol. The van der Waals surface area contributed by atoms with Crippen molar-refractivity contribution in [3.8, 4) is 0 Å². The summed E-state index contributed by atoms with van der Waals surface area (Å²) in [6.07, 6.45) is 0. The predicted molar refractivity (Wildman–Crippen MR) is 5.75 cm³/mol. The number of hydrogen-bond acceptors (Lipinski definition) is 0. The van der Waals surface area contributed by atoms with Gasteiger partial charge in [0.15, 0.2) is 0 Å². The van der Waals surface area contributed by atoms with Crippen LogP contribution in [0.1, 0.15) is 0 Å². The van der Waals surface area contributed by atoms with Gasteiger partial charge < -0.3 is 0 Å². The molecule has 0 bridgehead atoms. The van der Waals surface area contributed by atoms with Gasteiger partial charge in [0, 0.05) is 87.5 Å². The van der Waals surface area contributed by atoms with Crippen LogP contribution in [-0.2, 0) is 61.3 Å². The van der Waals surface area contributed by atoms with Crippen molar-refractivity contribution >= 4 is 26.2 Å². The van der Waals surface area contributed by atoms with Crippen LogP contribution in [0, 0.1) is 0 Å². The Hall–Kier alpha value is 2.87. The molecule has 4 heteroatoms. The van der Waals surface area contributed by atoms with E-state index >= 15 is 0 Å². The van der Waals surface area contributed by atoms with Crippen LogP contribution in [0.5, 0.6) is 0 Å². The van der Waals surface area contributed by atoms with Gasteiger partial charge in [0.25, 0.3) is 0 Å². The number of rotatable bonds is 0. The van der Waals surface area contributed by atoms with Crippen LogP contribution in [-0.4, -0.2) is 26.2 Å². The first-order chi connectivity index (χ1) is 0. The van der Waals surface area contributed by atoms with Crippen molar-refractivity contribution in [1.82, 2.24) is 0 Å². The second kappa shape index (κ2) is 16.9. The fraction of sp³-hybridized carbons (Fsp3) is 0. The van der Waals surface area contributed by atoms with E-state index in [-0.39, 0.29) is 87.5 Å². The van der Waals surface area contributed by atoms with Gasteiger partial charge >= 0.3 is 0 Å². The summed E-state index contributed by atoms with van der Waals surface area (Å²) in [4.78, 5) is 0. The molecule has 0 rings (SSSR count). The molecule has 0 atom stereocenters. The summed E-state index contributed by atoms with van der Waals surface area (Å²) in [5, 5.41) is 0. The molecule has 0 spiro atoms. The van der Waals surface area contributed by atoms with Gasteiger partial charge in [-0.05, 0) is 0 Å². The van der Waals surface area contributed by atoms with E-state index in [1.54, 1.807) is 0 Å². The van der Waals surface area contributed by atoms with Crippen molar-refractivity contribution in [3.05, 3.63) is 0 Å². The van der Waals surface area contributed by atoms with Crippen molar-refractivity contribution in [3.63, 3.8) is 0 Å². The maximum absolute atomic E-state index is 0. The van der Waals surface area contributed by atoms with E-state index in [0.29, 0.717) is 0 Å². The first kappa shape index (κ1) is 28.7. The van der Waals surface area contributed by atoms with Crippen LogP contribution in [0.4, 0.5) is 0 Å². The Morgan fingerprint density at radius 2 is 0.500 bits per heavy atom. The third-order valence-corrected chi connectivity index (χ3v) is 0. The molecule has 0 saturated carbocycles. The van der Waals surface area contributed by atoms with Crippen molar-refractivity contribution in [2.75, 3.05) is 0 Å². The molecule has 0 fully saturated rings. The predicted octanol–water partition coefficient (Wildman–Crippen LogP) is -0.388. The van der Waals surface area contributed by atoms with Crippen LogP contribution < -0.4 is 0 Å². The van der Waals surface area contributed by atoms with E-state index < -0.39 is 0 Å². The minimum atomic E-state index is 0. The maximum atomic E-state index is 0. The zero-order valence-electron chi connectivity index (χ0n) is 1.40. The maximum Gasteiger partial charge on any atom is 0 e. The first-order valence-corrected chi connectivity index (χ1v) is 0. The van der Waals surface area contributed by atoms with Gasteiger partial charge in [-0.1, -0.05) is 0 Å². The molecule has 0 nitrogen and oxygen atoms in total. The second-order valence-corrected chi connectivity index (χ2v) is 0. The third kappa shape index (κ3) is 8.85. The summed E-state index contributed by atoms with van der Waals surface area (Å²) in [5.41, 5.74) is 0. The summed E-state index contributed by atoms with van der Waals surface area (Å²) in [6, 6.07) is 0. The Bertz CT molecular complexity index is 3.25. The molecule has 4 heavy (non-hydrogen) atoms. The van der Waals surface area contributed by atoms with Crippen LogP contribution in [0.15, 0.2) is 0 Å². The van der Waals surface area contributed by atoms with Gasteiger partial charge in [-0.2, -0.15) is 0 Å². The molecular weight excluding hydrogens is 528 g/mol. The standard InChI is InChI=1S/Bi.3Pd. The summed E-state index contributed by atoms with van der Waals surface area (Å²) >= 11 is 0. The molecular formula is BiPd3. The molecule has 35 valence electrons. The van der Waals surface area contributed by atoms with Gasteiger partial charge in [-0.25, -0.2) is 0 Å². The molecule has 0 saturated heterocycles. The normalized spacial score (nSPS) is 0. The molecule has 0 N–H and O–H groups in total. The minimum absolute atomic E-state index is 0. The van der Waals surface area contributed by atoms with E-state index in [4.69, 9.17) is 0 Å². The van der Waals surface area contributed by atoms with E-state index in [0.717, 1.165) is 0 Å². The topological polar surface area (TPSA) is 0 Å². The molecule has 0 aliphatic heterocycles. The fourth-order valence-electron chi connectivity index (χ4n) is 0. The van der Waals surface area contributed by atoms with E-state index in [1.807, 2.05) is 0 Å². The summed E-state index contributed by atoms with van der Waals surface area (Å²) in [6.45, 7) is 0. The van der Waals surface area contributed by atoms with Crippen molar-refractivity contribution in [2.45, 2.75) is 0 Å². The molecule has 0 aliphatic rings. The Balaban J connectivity index is 0. The summed E-state index contributed by atoms with van der Waals surface area (Å²) in [5.74, 6) is 0. The van der Waals surface area contributed by atoms with Gasteiger partial charge in [0.2, 0.25) is 0 Å². The molecule has 0 heterocycles. The van der Waals surface area contributed by atoms with Crippen LogP contribution >= 0.6 is 0 Å². The number of hydrogen-bond donors (Lipinski definition) is 0. The SMILES string of the molecule is [Bi].[Pd].[Pd].[Pd]. The molecule has 0 aromatic rings. The van der Waals surface area contributed by atoms with E-state index in [2.05, 4.69) is 0 Å². The first-order valence-electron chi connectivity index (χ1n) is 0. The van der Waals surface area contributed by atoms with Crippen molar-refractivity contribution in [2.24, 2.45) is 0 Å². The van der Waals surface area contributed by atoms with Crippen molar-refractivity contribution in [1.29, 1.82) is 0 Å². The summed E-state index contributed by atoms with van der Waals surface area (Å²) < 4.78 is 0. The molecule has 0 aromatic carbocycles. The zero-order chi connectivity index (χ0) is 0. The Morgan fingerprint density at radius 1 is 0.500 bits per heavy atom. The van der Waals surface area contributed by atoms with E-state index in [9.17, 15) is 0 Å². The quantitative estimate of drug-likeness (QED) is 0.377. The molecule has 0 aromatic heterocycles. The summed E-state index contributed by atoms with van der Waals surface area (Å²) in [7, 11) is 0. The zero-order valence-corrected chi connectivity index (χ0v) is 9.54. The van der Waals surface area contributed by atoms with Gasteiger partial charge in [0.1, 0.15) is 0 Å². The molecule has 0 aliphatic carbocycles. The Labute approximate surface area is 86.0 Å². The molecule has 3 radical (unpaired) electrons. The third-order valence-electron chi connectivity index (χ3n) is 0.